The van der Waals surface area contributed by atoms with Crippen molar-refractivity contribution in [2.45, 2.75) is 27.3 Å². The van der Waals surface area contributed by atoms with E-state index in [-0.39, 0.29) is 5.56 Å². The largest absolute Gasteiger partial charge is 0.299 e. The molecule has 0 radical (unpaired) electrons. The van der Waals surface area contributed by atoms with Crippen LogP contribution in [0.2, 0.25) is 0 Å². The van der Waals surface area contributed by atoms with Gasteiger partial charge in [-0.15, -0.1) is 0 Å². The van der Waals surface area contributed by atoms with Gasteiger partial charge in [0.15, 0.2) is 0 Å². The number of nitrogens with zero attached hydrogens (tertiary/aromatic N) is 4. The highest BCUT2D eigenvalue weighted by Crippen LogP contribution is 2.04. The van der Waals surface area contributed by atoms with Gasteiger partial charge >= 0.3 is 0 Å². The lowest BCUT2D eigenvalue weighted by Gasteiger charge is -2.18. The molecule has 2 rings (SSSR count). The van der Waals surface area contributed by atoms with Gasteiger partial charge in [0.2, 0.25) is 0 Å². The summed E-state index contributed by atoms with van der Waals surface area (Å²) in [5, 5.41) is 2.78. The van der Waals surface area contributed by atoms with Crippen LogP contribution in [0.3, 0.4) is 0 Å². The van der Waals surface area contributed by atoms with Crippen molar-refractivity contribution in [1.82, 2.24) is 24.5 Å². The third kappa shape index (κ3) is 2.08. The maximum Gasteiger partial charge on any atom is 0.278 e. The molecule has 17 heavy (non-hydrogen) atoms. The molecule has 0 saturated heterocycles. The minimum absolute atomic E-state index is 0.0584. The van der Waals surface area contributed by atoms with Crippen LogP contribution in [-0.4, -0.2) is 37.6 Å². The summed E-state index contributed by atoms with van der Waals surface area (Å²) in [5.74, 6) is 0.427. The van der Waals surface area contributed by atoms with Crippen molar-refractivity contribution in [2.75, 3.05) is 13.1 Å². The number of hydrogen-bond acceptors (Lipinski definition) is 4. The fourth-order valence-corrected chi connectivity index (χ4v) is 1.85. The first kappa shape index (κ1) is 11.8. The molecule has 0 aromatic carbocycles. The minimum atomic E-state index is -0.0584. The first-order chi connectivity index (χ1) is 8.17. The molecule has 6 nitrogen and oxygen atoms in total. The number of nitrogens with one attached hydrogen (secondary N) is 1. The summed E-state index contributed by atoms with van der Waals surface area (Å²) in [7, 11) is 0. The maximum atomic E-state index is 12.2. The van der Waals surface area contributed by atoms with Crippen molar-refractivity contribution in [1.29, 1.82) is 0 Å². The molecule has 0 fully saturated rings. The average molecular weight is 235 g/mol. The standard InChI is InChI=1S/C11H17N5O/c1-4-15(5-2)6-9-8(3)14-11-12-7-13-16(11)10(9)17/h7H,4-6H2,1-3H3,(H,12,13,14). The average Bonchev–Trinajstić information content (AvgIpc) is 2.77. The Bertz CT molecular complexity index is 567. The number of hydrogen-bond donors (Lipinski definition) is 1. The highest BCUT2D eigenvalue weighted by Gasteiger charge is 2.13. The van der Waals surface area contributed by atoms with E-state index in [1.165, 1.54) is 10.8 Å². The third-order valence-corrected chi connectivity index (χ3v) is 3.01. The van der Waals surface area contributed by atoms with E-state index in [1.54, 1.807) is 0 Å². The lowest BCUT2D eigenvalue weighted by atomic mass is 10.2. The topological polar surface area (TPSA) is 66.3 Å². The normalized spacial score (nSPS) is 11.5. The van der Waals surface area contributed by atoms with Crippen LogP contribution < -0.4 is 5.56 Å². The van der Waals surface area contributed by atoms with E-state index in [0.29, 0.717) is 12.3 Å². The second-order valence-electron chi connectivity index (χ2n) is 3.97. The lowest BCUT2D eigenvalue weighted by Crippen LogP contribution is -2.30. The van der Waals surface area contributed by atoms with Gasteiger partial charge < -0.3 is 0 Å². The monoisotopic (exact) mass is 235 g/mol. The molecular formula is C11H17N5O. The Balaban J connectivity index is 2.49. The second-order valence-corrected chi connectivity index (χ2v) is 3.97. The molecule has 0 atom stereocenters. The zero-order chi connectivity index (χ0) is 12.4. The molecular weight excluding hydrogens is 218 g/mol. The Morgan fingerprint density at radius 3 is 2.76 bits per heavy atom. The Morgan fingerprint density at radius 1 is 1.41 bits per heavy atom. The molecule has 0 aliphatic heterocycles. The van der Waals surface area contributed by atoms with Gasteiger partial charge in [-0.3, -0.25) is 14.8 Å². The van der Waals surface area contributed by atoms with Gasteiger partial charge in [-0.05, 0) is 20.0 Å². The minimum Gasteiger partial charge on any atom is -0.299 e. The van der Waals surface area contributed by atoms with Crippen LogP contribution >= 0.6 is 0 Å². The molecule has 2 heterocycles. The molecule has 0 unspecified atom stereocenters. The zero-order valence-corrected chi connectivity index (χ0v) is 10.4. The molecule has 0 aliphatic rings. The number of rotatable bonds is 4. The molecule has 0 amide bonds. The first-order valence-electron chi connectivity index (χ1n) is 5.81. The van der Waals surface area contributed by atoms with Crippen LogP contribution in [0.4, 0.5) is 0 Å². The van der Waals surface area contributed by atoms with E-state index in [2.05, 4.69) is 33.8 Å². The highest BCUT2D eigenvalue weighted by atomic mass is 16.1. The van der Waals surface area contributed by atoms with E-state index in [0.717, 1.165) is 24.3 Å². The van der Waals surface area contributed by atoms with E-state index in [4.69, 9.17) is 0 Å². The predicted molar refractivity (Wildman–Crippen MR) is 65.0 cm³/mol. The van der Waals surface area contributed by atoms with Crippen LogP contribution in [-0.2, 0) is 6.54 Å². The zero-order valence-electron chi connectivity index (χ0n) is 10.4. The van der Waals surface area contributed by atoms with Crippen LogP contribution in [0, 0.1) is 6.92 Å². The van der Waals surface area contributed by atoms with E-state index in [9.17, 15) is 4.79 Å². The van der Waals surface area contributed by atoms with Crippen molar-refractivity contribution >= 4 is 5.78 Å². The van der Waals surface area contributed by atoms with Crippen molar-refractivity contribution in [3.8, 4) is 0 Å². The summed E-state index contributed by atoms with van der Waals surface area (Å²) in [6.07, 6.45) is 1.48. The van der Waals surface area contributed by atoms with Crippen molar-refractivity contribution in [3.05, 3.63) is 27.9 Å². The number of H-pyrrole nitrogens is 1. The number of aromatic nitrogens is 4. The second kappa shape index (κ2) is 4.67. The maximum absolute atomic E-state index is 12.2. The summed E-state index contributed by atoms with van der Waals surface area (Å²) in [6, 6.07) is 0. The smallest absolute Gasteiger partial charge is 0.278 e. The van der Waals surface area contributed by atoms with E-state index >= 15 is 0 Å². The molecule has 2 aromatic rings. The fraction of sp³-hybridized carbons (Fsp3) is 0.545. The quantitative estimate of drug-likeness (QED) is 0.841. The molecule has 0 aliphatic carbocycles. The number of fused-ring (bicyclic) bond motifs is 1. The first-order valence-corrected chi connectivity index (χ1v) is 5.81. The number of aryl methyl sites for hydroxylation is 1. The lowest BCUT2D eigenvalue weighted by molar-refractivity contribution is 0.293. The third-order valence-electron chi connectivity index (χ3n) is 3.01. The van der Waals surface area contributed by atoms with Gasteiger partial charge in [0.05, 0.1) is 11.3 Å². The van der Waals surface area contributed by atoms with Crippen molar-refractivity contribution < 1.29 is 0 Å². The SMILES string of the molecule is CCN(CC)Cc1c(C)nc2nc[nH]n2c1=O. The molecule has 6 heteroatoms. The Labute approximate surface area is 99.3 Å². The molecule has 92 valence electrons. The van der Waals surface area contributed by atoms with Crippen molar-refractivity contribution in [2.24, 2.45) is 0 Å². The molecule has 0 spiro atoms. The van der Waals surface area contributed by atoms with Crippen LogP contribution in [0.25, 0.3) is 5.78 Å². The van der Waals surface area contributed by atoms with Gasteiger partial charge in [-0.1, -0.05) is 13.8 Å². The Morgan fingerprint density at radius 2 is 2.12 bits per heavy atom. The van der Waals surface area contributed by atoms with Gasteiger partial charge in [0.1, 0.15) is 6.33 Å². The van der Waals surface area contributed by atoms with Crippen LogP contribution in [0.5, 0.6) is 0 Å². The fourth-order valence-electron chi connectivity index (χ4n) is 1.85. The Kier molecular flexibility index (Phi) is 3.23. The number of aromatic amines is 1. The summed E-state index contributed by atoms with van der Waals surface area (Å²) in [6.45, 7) is 8.49. The Hall–Kier alpha value is -1.69. The molecule has 2 aromatic heterocycles. The highest BCUT2D eigenvalue weighted by molar-refractivity contribution is 5.30. The van der Waals surface area contributed by atoms with Crippen LogP contribution in [0.1, 0.15) is 25.1 Å². The predicted octanol–water partition coefficient (Wildman–Crippen LogP) is 0.568. The van der Waals surface area contributed by atoms with Gasteiger partial charge in [0.25, 0.3) is 11.3 Å². The van der Waals surface area contributed by atoms with E-state index in [1.807, 2.05) is 6.92 Å². The van der Waals surface area contributed by atoms with Crippen molar-refractivity contribution in [3.63, 3.8) is 0 Å². The van der Waals surface area contributed by atoms with Crippen LogP contribution in [0.15, 0.2) is 11.1 Å². The molecule has 0 saturated carbocycles. The summed E-state index contributed by atoms with van der Waals surface area (Å²) in [5.41, 5.74) is 1.43. The molecule has 0 bridgehead atoms. The summed E-state index contributed by atoms with van der Waals surface area (Å²) in [4.78, 5) is 22.7. The van der Waals surface area contributed by atoms with Gasteiger partial charge in [-0.2, -0.15) is 4.52 Å². The van der Waals surface area contributed by atoms with E-state index < -0.39 is 0 Å². The summed E-state index contributed by atoms with van der Waals surface area (Å²) >= 11 is 0. The summed E-state index contributed by atoms with van der Waals surface area (Å²) < 4.78 is 1.38. The van der Waals surface area contributed by atoms with Gasteiger partial charge in [0, 0.05) is 6.54 Å². The molecule has 1 N–H and O–H groups in total. The van der Waals surface area contributed by atoms with Gasteiger partial charge in [-0.25, -0.2) is 9.97 Å².